The molecule has 1 aromatic rings. The Morgan fingerprint density at radius 1 is 1.46 bits per heavy atom. The van der Waals surface area contributed by atoms with Crippen molar-refractivity contribution in [2.75, 3.05) is 26.8 Å². The van der Waals surface area contributed by atoms with Gasteiger partial charge in [0.25, 0.3) is 12.4 Å². The van der Waals surface area contributed by atoms with Crippen molar-refractivity contribution in [2.24, 2.45) is 0 Å². The third kappa shape index (κ3) is 2.79. The minimum absolute atomic E-state index is 0.0630. The molecule has 1 N–H and O–H groups in total. The minimum atomic E-state index is -0.619. The van der Waals surface area contributed by atoms with E-state index >= 15 is 0 Å². The van der Waals surface area contributed by atoms with Gasteiger partial charge in [-0.1, -0.05) is 11.6 Å². The van der Waals surface area contributed by atoms with Crippen molar-refractivity contribution >= 4 is 29.9 Å². The molecule has 3 heterocycles. The first-order valence-corrected chi connectivity index (χ1v) is 8.53. The number of amides is 2. The van der Waals surface area contributed by atoms with Crippen molar-refractivity contribution in [1.29, 1.82) is 0 Å². The number of carbonyl (C=O) groups is 3. The van der Waals surface area contributed by atoms with E-state index in [4.69, 9.17) is 31.0 Å². The zero-order chi connectivity index (χ0) is 18.9. The first-order chi connectivity index (χ1) is 12.5. The monoisotopic (exact) mass is 382 g/mol. The first-order valence-electron chi connectivity index (χ1n) is 8.15. The van der Waals surface area contributed by atoms with Crippen LogP contribution in [-0.2, 0) is 14.3 Å². The fraction of sp³-hybridized carbons (Fsp3) is 0.471. The summed E-state index contributed by atoms with van der Waals surface area (Å²) < 4.78 is 11.2. The Morgan fingerprint density at radius 2 is 2.19 bits per heavy atom. The lowest BCUT2D eigenvalue weighted by molar-refractivity contribution is -0.136. The van der Waals surface area contributed by atoms with E-state index < -0.39 is 5.72 Å². The molecule has 0 radical (unpaired) electrons. The SMILES string of the molecule is COc1cc(Cl)ccc1C(=O)N1CC[C@@]23OCCN2C(=O)C[C@@H]13.O=CO. The zero-order valence-electron chi connectivity index (χ0n) is 14.2. The molecule has 0 saturated carbocycles. The fourth-order valence-corrected chi connectivity index (χ4v) is 4.19. The molecule has 3 aliphatic heterocycles. The first kappa shape index (κ1) is 18.5. The van der Waals surface area contributed by atoms with E-state index in [1.165, 1.54) is 7.11 Å². The molecule has 1 spiro atoms. The van der Waals surface area contributed by atoms with Crippen LogP contribution >= 0.6 is 11.6 Å². The predicted molar refractivity (Wildman–Crippen MR) is 91.2 cm³/mol. The van der Waals surface area contributed by atoms with E-state index in [0.29, 0.717) is 48.9 Å². The Morgan fingerprint density at radius 3 is 2.88 bits per heavy atom. The largest absolute Gasteiger partial charge is 0.496 e. The highest BCUT2D eigenvalue weighted by Gasteiger charge is 2.63. The van der Waals surface area contributed by atoms with Crippen molar-refractivity contribution in [3.8, 4) is 5.75 Å². The molecule has 4 rings (SSSR count). The summed E-state index contributed by atoms with van der Waals surface area (Å²) in [5, 5.41) is 7.40. The van der Waals surface area contributed by atoms with Gasteiger partial charge in [0.15, 0.2) is 5.72 Å². The summed E-state index contributed by atoms with van der Waals surface area (Å²) >= 11 is 5.96. The molecule has 140 valence electrons. The molecule has 0 bridgehead atoms. The normalized spacial score (nSPS) is 26.1. The molecule has 0 aromatic heterocycles. The number of hydrogen-bond donors (Lipinski definition) is 1. The van der Waals surface area contributed by atoms with E-state index in [9.17, 15) is 9.59 Å². The lowest BCUT2D eigenvalue weighted by Gasteiger charge is -2.31. The van der Waals surface area contributed by atoms with Gasteiger partial charge in [0.2, 0.25) is 5.91 Å². The van der Waals surface area contributed by atoms with Crippen LogP contribution in [0, 0.1) is 0 Å². The Balaban J connectivity index is 0.000000613. The number of carbonyl (C=O) groups excluding carboxylic acids is 2. The molecular weight excluding hydrogens is 364 g/mol. The average molecular weight is 383 g/mol. The lowest BCUT2D eigenvalue weighted by atomic mass is 10.1. The van der Waals surface area contributed by atoms with E-state index in [1.54, 1.807) is 28.0 Å². The van der Waals surface area contributed by atoms with Crippen LogP contribution in [0.1, 0.15) is 23.2 Å². The summed E-state index contributed by atoms with van der Waals surface area (Å²) in [5.41, 5.74) is -0.162. The Bertz CT molecular complexity index is 742. The predicted octanol–water partition coefficient (Wildman–Crippen LogP) is 1.22. The molecule has 1 aromatic carbocycles. The molecule has 3 aliphatic rings. The number of ether oxygens (including phenoxy) is 2. The highest BCUT2D eigenvalue weighted by Crippen LogP contribution is 2.46. The van der Waals surface area contributed by atoms with Gasteiger partial charge in [-0.3, -0.25) is 14.4 Å². The number of methoxy groups -OCH3 is 1. The van der Waals surface area contributed by atoms with Crippen LogP contribution < -0.4 is 4.74 Å². The van der Waals surface area contributed by atoms with Crippen molar-refractivity contribution < 1.29 is 29.0 Å². The Labute approximate surface area is 155 Å². The van der Waals surface area contributed by atoms with Gasteiger partial charge in [0.1, 0.15) is 5.75 Å². The number of benzene rings is 1. The number of halogens is 1. The summed E-state index contributed by atoms with van der Waals surface area (Å²) in [6, 6.07) is 4.73. The van der Waals surface area contributed by atoms with Crippen LogP contribution in [0.4, 0.5) is 0 Å². The molecule has 3 saturated heterocycles. The molecule has 0 aliphatic carbocycles. The van der Waals surface area contributed by atoms with Crippen LogP contribution in [-0.4, -0.2) is 71.8 Å². The standard InChI is InChI=1S/C16H17ClN2O4.CH2O2/c1-22-12-8-10(17)2-3-11(12)15(21)18-5-4-16-13(18)9-14(20)19(16)6-7-23-16;2-1-3/h2-3,8,13H,4-7,9H2,1H3;1H,(H,2,3)/t13-,16+;/m1./s1. The van der Waals surface area contributed by atoms with E-state index in [0.717, 1.165) is 0 Å². The fourth-order valence-electron chi connectivity index (χ4n) is 4.03. The summed E-state index contributed by atoms with van der Waals surface area (Å²) in [4.78, 5) is 37.1. The number of likely N-dealkylation sites (tertiary alicyclic amines) is 1. The maximum atomic E-state index is 13.0. The van der Waals surface area contributed by atoms with Gasteiger partial charge in [0, 0.05) is 24.5 Å². The summed E-state index contributed by atoms with van der Waals surface area (Å²) in [6.07, 6.45) is 0.979. The number of hydrogen-bond acceptors (Lipinski definition) is 5. The van der Waals surface area contributed by atoms with E-state index in [-0.39, 0.29) is 24.3 Å². The quantitative estimate of drug-likeness (QED) is 0.773. The topological polar surface area (TPSA) is 96.4 Å². The second kappa shape index (κ2) is 7.13. The Kier molecular flexibility index (Phi) is 5.06. The molecule has 3 fully saturated rings. The highest BCUT2D eigenvalue weighted by molar-refractivity contribution is 6.30. The van der Waals surface area contributed by atoms with Crippen LogP contribution in [0.15, 0.2) is 18.2 Å². The molecule has 9 heteroatoms. The van der Waals surface area contributed by atoms with Gasteiger partial charge in [-0.15, -0.1) is 0 Å². The van der Waals surface area contributed by atoms with Gasteiger partial charge in [-0.05, 0) is 18.2 Å². The van der Waals surface area contributed by atoms with Gasteiger partial charge < -0.3 is 24.4 Å². The van der Waals surface area contributed by atoms with Crippen LogP contribution in [0.3, 0.4) is 0 Å². The van der Waals surface area contributed by atoms with E-state index in [1.807, 2.05) is 0 Å². The van der Waals surface area contributed by atoms with Crippen molar-refractivity contribution in [1.82, 2.24) is 9.80 Å². The number of rotatable bonds is 2. The van der Waals surface area contributed by atoms with Gasteiger partial charge in [-0.25, -0.2) is 0 Å². The average Bonchev–Trinajstić information content (AvgIpc) is 3.26. The molecule has 2 amide bonds. The van der Waals surface area contributed by atoms with Crippen molar-refractivity contribution in [2.45, 2.75) is 24.6 Å². The number of nitrogens with zero attached hydrogens (tertiary/aromatic N) is 2. The van der Waals surface area contributed by atoms with Crippen LogP contribution in [0.25, 0.3) is 0 Å². The number of carboxylic acid groups (broad SMARTS) is 1. The maximum absolute atomic E-state index is 13.0. The minimum Gasteiger partial charge on any atom is -0.496 e. The van der Waals surface area contributed by atoms with Gasteiger partial charge in [-0.2, -0.15) is 0 Å². The van der Waals surface area contributed by atoms with Gasteiger partial charge in [0.05, 0.1) is 31.7 Å². The molecule has 2 atom stereocenters. The Hall–Kier alpha value is -2.32. The van der Waals surface area contributed by atoms with Gasteiger partial charge >= 0.3 is 0 Å². The third-order valence-electron chi connectivity index (χ3n) is 5.06. The maximum Gasteiger partial charge on any atom is 0.290 e. The zero-order valence-corrected chi connectivity index (χ0v) is 14.9. The smallest absolute Gasteiger partial charge is 0.290 e. The second-order valence-corrected chi connectivity index (χ2v) is 6.59. The second-order valence-electron chi connectivity index (χ2n) is 6.16. The van der Waals surface area contributed by atoms with Crippen molar-refractivity contribution in [3.63, 3.8) is 0 Å². The highest BCUT2D eigenvalue weighted by atomic mass is 35.5. The third-order valence-corrected chi connectivity index (χ3v) is 5.29. The van der Waals surface area contributed by atoms with Crippen LogP contribution in [0.2, 0.25) is 5.02 Å². The molecule has 8 nitrogen and oxygen atoms in total. The van der Waals surface area contributed by atoms with Crippen molar-refractivity contribution in [3.05, 3.63) is 28.8 Å². The summed E-state index contributed by atoms with van der Waals surface area (Å²) in [5.74, 6) is 0.357. The summed E-state index contributed by atoms with van der Waals surface area (Å²) in [6.45, 7) is 1.47. The lowest BCUT2D eigenvalue weighted by Crippen LogP contribution is -2.48. The summed E-state index contributed by atoms with van der Waals surface area (Å²) in [7, 11) is 1.51. The van der Waals surface area contributed by atoms with Crippen LogP contribution in [0.5, 0.6) is 5.75 Å². The molecule has 26 heavy (non-hydrogen) atoms. The molecular formula is C17H19ClN2O6. The van der Waals surface area contributed by atoms with E-state index in [2.05, 4.69) is 0 Å². The molecule has 0 unspecified atom stereocenters.